The van der Waals surface area contributed by atoms with E-state index in [-0.39, 0.29) is 17.7 Å². The van der Waals surface area contributed by atoms with Crippen LogP contribution in [0.5, 0.6) is 0 Å². The predicted octanol–water partition coefficient (Wildman–Crippen LogP) is 4.27. The van der Waals surface area contributed by atoms with E-state index in [0.717, 1.165) is 42.3 Å². The minimum atomic E-state index is -0.470. The summed E-state index contributed by atoms with van der Waals surface area (Å²) >= 11 is 1.50. The van der Waals surface area contributed by atoms with Crippen molar-refractivity contribution in [2.45, 2.75) is 64.8 Å². The summed E-state index contributed by atoms with van der Waals surface area (Å²) in [6.45, 7) is 3.65. The van der Waals surface area contributed by atoms with Crippen LogP contribution in [0.1, 0.15) is 57.9 Å². The van der Waals surface area contributed by atoms with Crippen LogP contribution in [-0.2, 0) is 16.0 Å². The monoisotopic (exact) mass is 373 g/mol. The third-order valence-electron chi connectivity index (χ3n) is 5.01. The molecule has 1 heterocycles. The van der Waals surface area contributed by atoms with Crippen molar-refractivity contribution >= 4 is 38.5 Å². The molecule has 0 spiro atoms. The molecule has 0 saturated heterocycles. The van der Waals surface area contributed by atoms with Crippen molar-refractivity contribution < 1.29 is 9.59 Å². The van der Waals surface area contributed by atoms with Gasteiger partial charge in [0, 0.05) is 6.92 Å². The molecule has 3 rings (SSSR count). The van der Waals surface area contributed by atoms with E-state index in [2.05, 4.69) is 34.7 Å². The lowest BCUT2D eigenvalue weighted by Crippen LogP contribution is -2.47. The van der Waals surface area contributed by atoms with Crippen LogP contribution >= 0.6 is 11.3 Å². The maximum absolute atomic E-state index is 12.8. The summed E-state index contributed by atoms with van der Waals surface area (Å²) in [7, 11) is 0. The largest absolute Gasteiger partial charge is 0.344 e. The Kier molecular flexibility index (Phi) is 6.25. The van der Waals surface area contributed by atoms with Crippen LogP contribution in [0, 0.1) is 5.92 Å². The van der Waals surface area contributed by atoms with E-state index in [9.17, 15) is 9.59 Å². The second-order valence-corrected chi connectivity index (χ2v) is 8.17. The van der Waals surface area contributed by atoms with E-state index >= 15 is 0 Å². The van der Waals surface area contributed by atoms with Gasteiger partial charge in [0.15, 0.2) is 5.13 Å². The normalized spacial score (nSPS) is 15.9. The Bertz CT molecular complexity index is 780. The molecule has 5 nitrogen and oxygen atoms in total. The second kappa shape index (κ2) is 8.62. The lowest BCUT2D eigenvalue weighted by Gasteiger charge is -2.22. The number of fused-ring (bicyclic) bond motifs is 1. The molecule has 26 heavy (non-hydrogen) atoms. The molecule has 1 aromatic heterocycles. The number of aromatic nitrogens is 1. The molecule has 2 amide bonds. The molecule has 2 N–H and O–H groups in total. The van der Waals surface area contributed by atoms with Crippen LogP contribution in [0.25, 0.3) is 10.2 Å². The number of thiazole rings is 1. The van der Waals surface area contributed by atoms with Gasteiger partial charge >= 0.3 is 0 Å². The first-order valence-corrected chi connectivity index (χ1v) is 10.4. The van der Waals surface area contributed by atoms with Gasteiger partial charge in [0.25, 0.3) is 0 Å². The average Bonchev–Trinajstić information content (AvgIpc) is 3.26. The Morgan fingerprint density at radius 2 is 2.08 bits per heavy atom. The number of rotatable bonds is 7. The van der Waals surface area contributed by atoms with E-state index in [1.54, 1.807) is 0 Å². The zero-order valence-electron chi connectivity index (χ0n) is 15.5. The molecule has 1 aromatic carbocycles. The zero-order chi connectivity index (χ0) is 18.5. The number of hydrogen-bond donors (Lipinski definition) is 2. The number of nitrogens with zero attached hydrogens (tertiary/aromatic N) is 1. The van der Waals surface area contributed by atoms with E-state index in [0.29, 0.717) is 5.13 Å². The van der Waals surface area contributed by atoms with Crippen LogP contribution in [0.2, 0.25) is 0 Å². The van der Waals surface area contributed by atoms with Gasteiger partial charge in [-0.1, -0.05) is 43.6 Å². The van der Waals surface area contributed by atoms with Gasteiger partial charge in [0.2, 0.25) is 11.8 Å². The summed E-state index contributed by atoms with van der Waals surface area (Å²) in [5, 5.41) is 6.37. The molecule has 0 aliphatic heterocycles. The Balaban J connectivity index is 1.73. The maximum atomic E-state index is 12.8. The molecular weight excluding hydrogens is 346 g/mol. The quantitative estimate of drug-likeness (QED) is 0.761. The summed E-state index contributed by atoms with van der Waals surface area (Å²) < 4.78 is 1.09. The fraction of sp³-hybridized carbons (Fsp3) is 0.550. The lowest BCUT2D eigenvalue weighted by molar-refractivity contribution is -0.126. The van der Waals surface area contributed by atoms with Crippen molar-refractivity contribution in [3.63, 3.8) is 0 Å². The second-order valence-electron chi connectivity index (χ2n) is 7.14. The first-order valence-electron chi connectivity index (χ1n) is 9.54. The summed E-state index contributed by atoms with van der Waals surface area (Å²) in [5.41, 5.74) is 2.21. The first-order chi connectivity index (χ1) is 12.6. The molecule has 1 aliphatic carbocycles. The van der Waals surface area contributed by atoms with Crippen LogP contribution in [-0.4, -0.2) is 22.8 Å². The Morgan fingerprint density at radius 3 is 2.77 bits per heavy atom. The number of benzene rings is 1. The highest BCUT2D eigenvalue weighted by molar-refractivity contribution is 7.22. The maximum Gasteiger partial charge on any atom is 0.249 e. The number of aryl methyl sites for hydroxylation is 1. The number of nitrogens with one attached hydrogen (secondary N) is 2. The lowest BCUT2D eigenvalue weighted by atomic mass is 9.97. The number of carbonyl (C=O) groups excluding carboxylic acids is 2. The highest BCUT2D eigenvalue weighted by Crippen LogP contribution is 2.30. The molecule has 6 heteroatoms. The zero-order valence-corrected chi connectivity index (χ0v) is 16.3. The van der Waals surface area contributed by atoms with E-state index < -0.39 is 6.04 Å². The van der Waals surface area contributed by atoms with E-state index in [1.165, 1.54) is 36.7 Å². The summed E-state index contributed by atoms with van der Waals surface area (Å²) in [6.07, 6.45) is 7.63. The molecule has 140 valence electrons. The summed E-state index contributed by atoms with van der Waals surface area (Å²) in [5.74, 6) is -0.104. The Hall–Kier alpha value is -1.95. The van der Waals surface area contributed by atoms with Crippen molar-refractivity contribution in [2.75, 3.05) is 5.32 Å². The van der Waals surface area contributed by atoms with Gasteiger partial charge in [-0.05, 0) is 49.3 Å². The molecule has 1 saturated carbocycles. The van der Waals surface area contributed by atoms with Crippen LogP contribution < -0.4 is 10.6 Å². The average molecular weight is 374 g/mol. The number of anilines is 1. The fourth-order valence-corrected chi connectivity index (χ4v) is 4.58. The molecule has 1 atom stereocenters. The molecule has 1 unspecified atom stereocenters. The Morgan fingerprint density at radius 1 is 1.31 bits per heavy atom. The van der Waals surface area contributed by atoms with Crippen molar-refractivity contribution in [1.29, 1.82) is 0 Å². The molecule has 1 fully saturated rings. The van der Waals surface area contributed by atoms with Crippen LogP contribution in [0.15, 0.2) is 18.2 Å². The van der Waals surface area contributed by atoms with Crippen molar-refractivity contribution in [1.82, 2.24) is 10.3 Å². The third kappa shape index (κ3) is 4.61. The number of hydrogen-bond acceptors (Lipinski definition) is 4. The van der Waals surface area contributed by atoms with Crippen molar-refractivity contribution in [3.05, 3.63) is 23.8 Å². The van der Waals surface area contributed by atoms with E-state index in [1.807, 2.05) is 6.07 Å². The Labute approximate surface area is 158 Å². The smallest absolute Gasteiger partial charge is 0.249 e. The molecule has 0 bridgehead atoms. The highest BCUT2D eigenvalue weighted by Gasteiger charge is 2.31. The van der Waals surface area contributed by atoms with Gasteiger partial charge in [-0.3, -0.25) is 9.59 Å². The minimum absolute atomic E-state index is 0.155. The number of unbranched alkanes of at least 4 members (excludes halogenated alkanes) is 1. The minimum Gasteiger partial charge on any atom is -0.344 e. The van der Waals surface area contributed by atoms with Crippen LogP contribution in [0.3, 0.4) is 0 Å². The van der Waals surface area contributed by atoms with Gasteiger partial charge in [-0.25, -0.2) is 4.98 Å². The fourth-order valence-electron chi connectivity index (χ4n) is 3.65. The summed E-state index contributed by atoms with van der Waals surface area (Å²) in [6, 6.07) is 5.83. The third-order valence-corrected chi connectivity index (χ3v) is 5.95. The van der Waals surface area contributed by atoms with Gasteiger partial charge in [-0.2, -0.15) is 0 Å². The number of amides is 2. The predicted molar refractivity (Wildman–Crippen MR) is 106 cm³/mol. The molecular formula is C20H27N3O2S. The van der Waals surface area contributed by atoms with Crippen molar-refractivity contribution in [3.8, 4) is 0 Å². The molecule has 1 aliphatic rings. The summed E-state index contributed by atoms with van der Waals surface area (Å²) in [4.78, 5) is 28.8. The number of carbonyl (C=O) groups is 2. The van der Waals surface area contributed by atoms with Gasteiger partial charge in [0.1, 0.15) is 6.04 Å². The van der Waals surface area contributed by atoms with Gasteiger partial charge in [-0.15, -0.1) is 0 Å². The SMILES string of the molecule is CCCCc1ccc2nc(NC(=O)C(NC(C)=O)C3CCCC3)sc2c1. The van der Waals surface area contributed by atoms with Crippen LogP contribution in [0.4, 0.5) is 5.13 Å². The molecule has 0 radical (unpaired) electrons. The molecule has 2 aromatic rings. The highest BCUT2D eigenvalue weighted by atomic mass is 32.1. The van der Waals surface area contributed by atoms with E-state index in [4.69, 9.17) is 0 Å². The van der Waals surface area contributed by atoms with Crippen molar-refractivity contribution in [2.24, 2.45) is 5.92 Å². The van der Waals surface area contributed by atoms with Gasteiger partial charge in [0.05, 0.1) is 10.2 Å². The topological polar surface area (TPSA) is 71.1 Å². The first kappa shape index (κ1) is 18.8. The van der Waals surface area contributed by atoms with Gasteiger partial charge < -0.3 is 10.6 Å². The standard InChI is InChI=1S/C20H27N3O2S/c1-3-4-7-14-10-11-16-17(12-14)26-20(22-16)23-19(25)18(21-13(2)24)15-8-5-6-9-15/h10-12,15,18H,3-9H2,1-2H3,(H,21,24)(H,22,23,25).